The number of hydrogen-bond acceptors (Lipinski definition) is 1. The van der Waals surface area contributed by atoms with Gasteiger partial charge in [0.25, 0.3) is 0 Å². The number of alkyl halides is 9. The van der Waals surface area contributed by atoms with Crippen LogP contribution in [0.3, 0.4) is 0 Å². The van der Waals surface area contributed by atoms with Gasteiger partial charge in [0, 0.05) is 0 Å². The summed E-state index contributed by atoms with van der Waals surface area (Å²) < 4.78 is 120. The molecule has 0 saturated carbocycles. The molecule has 0 amide bonds. The first kappa shape index (κ1) is 16.0. The predicted octanol–water partition coefficient (Wildman–Crippen LogP) is 3.87. The molecule has 0 N–H and O–H groups in total. The highest BCUT2D eigenvalue weighted by Gasteiger charge is 2.76. The van der Waals surface area contributed by atoms with Crippen LogP contribution < -0.4 is 0 Å². The highest BCUT2D eigenvalue weighted by atomic mass is 19.4. The summed E-state index contributed by atoms with van der Waals surface area (Å²) in [6.07, 6.45) is -19.2. The largest absolute Gasteiger partial charge is 0.462 e. The Kier molecular flexibility index (Phi) is 3.80. The molecule has 0 aliphatic rings. The molecule has 0 bridgehead atoms. The Morgan fingerprint density at radius 2 is 1.18 bits per heavy atom. The summed E-state index contributed by atoms with van der Waals surface area (Å²) in [5.41, 5.74) is 0. The molecular formula is C6H2F10O. The maximum Gasteiger partial charge on any atom is 0.462 e. The summed E-state index contributed by atoms with van der Waals surface area (Å²) in [7, 11) is 0. The highest BCUT2D eigenvalue weighted by Crippen LogP contribution is 2.49. The normalized spacial score (nSPS) is 14.9. The van der Waals surface area contributed by atoms with Crippen LogP contribution in [0.5, 0.6) is 0 Å². The van der Waals surface area contributed by atoms with E-state index in [1.165, 1.54) is 0 Å². The zero-order valence-corrected chi connectivity index (χ0v) is 7.39. The van der Waals surface area contributed by atoms with Crippen molar-refractivity contribution in [3.63, 3.8) is 0 Å². The molecule has 0 spiro atoms. The zero-order valence-electron chi connectivity index (χ0n) is 7.39. The molecule has 0 aromatic carbocycles. The van der Waals surface area contributed by atoms with Crippen molar-refractivity contribution in [1.82, 2.24) is 0 Å². The summed E-state index contributed by atoms with van der Waals surface area (Å²) in [6.45, 7) is 1.75. The van der Waals surface area contributed by atoms with E-state index in [9.17, 15) is 43.9 Å². The average Bonchev–Trinajstić information content (AvgIpc) is 1.98. The second kappa shape index (κ2) is 4.03. The van der Waals surface area contributed by atoms with Gasteiger partial charge >= 0.3 is 24.3 Å². The van der Waals surface area contributed by atoms with Crippen LogP contribution in [0.15, 0.2) is 12.4 Å². The predicted molar refractivity (Wildman–Crippen MR) is 32.2 cm³/mol. The lowest BCUT2D eigenvalue weighted by Crippen LogP contribution is -2.55. The first-order valence-electron chi connectivity index (χ1n) is 3.40. The van der Waals surface area contributed by atoms with Gasteiger partial charge in [-0.3, -0.25) is 0 Å². The molecule has 11 heteroatoms. The van der Waals surface area contributed by atoms with Gasteiger partial charge in [-0.2, -0.15) is 39.5 Å². The van der Waals surface area contributed by atoms with Crippen molar-refractivity contribution in [3.05, 3.63) is 12.4 Å². The van der Waals surface area contributed by atoms with Crippen molar-refractivity contribution in [3.8, 4) is 0 Å². The van der Waals surface area contributed by atoms with E-state index in [4.69, 9.17) is 0 Å². The minimum atomic E-state index is -6.92. The Morgan fingerprint density at radius 3 is 1.41 bits per heavy atom. The average molecular weight is 280 g/mol. The zero-order chi connectivity index (χ0) is 14.3. The smallest absolute Gasteiger partial charge is 0.244 e. The van der Waals surface area contributed by atoms with Crippen LogP contribution in [0.1, 0.15) is 0 Å². The molecule has 0 aliphatic heterocycles. The Balaban J connectivity index is 5.24. The van der Waals surface area contributed by atoms with Gasteiger partial charge in [-0.15, -0.1) is 0 Å². The van der Waals surface area contributed by atoms with Crippen molar-refractivity contribution in [2.24, 2.45) is 0 Å². The minimum Gasteiger partial charge on any atom is -0.244 e. The van der Waals surface area contributed by atoms with E-state index in [1.807, 2.05) is 4.74 Å². The van der Waals surface area contributed by atoms with Crippen molar-refractivity contribution in [2.45, 2.75) is 24.3 Å². The summed E-state index contributed by atoms with van der Waals surface area (Å²) in [4.78, 5) is 0. The lowest BCUT2D eigenvalue weighted by molar-refractivity contribution is -0.467. The van der Waals surface area contributed by atoms with Gasteiger partial charge in [-0.05, 0) is 0 Å². The summed E-state index contributed by atoms with van der Waals surface area (Å²) in [5.74, 6) is -9.87. The lowest BCUT2D eigenvalue weighted by Gasteiger charge is -2.29. The Hall–Kier alpha value is -1.00. The third kappa shape index (κ3) is 3.01. The molecule has 0 aliphatic carbocycles. The molecule has 0 atom stereocenters. The quantitative estimate of drug-likeness (QED) is 0.710. The molecular weight excluding hydrogens is 278 g/mol. The van der Waals surface area contributed by atoms with Crippen LogP contribution in [0.2, 0.25) is 0 Å². The monoisotopic (exact) mass is 280 g/mol. The van der Waals surface area contributed by atoms with Gasteiger partial charge in [0.1, 0.15) is 0 Å². The molecule has 1 nitrogen and oxygen atoms in total. The van der Waals surface area contributed by atoms with Crippen LogP contribution >= 0.6 is 0 Å². The molecule has 0 radical (unpaired) electrons. The fourth-order valence-electron chi connectivity index (χ4n) is 0.445. The topological polar surface area (TPSA) is 9.23 Å². The summed E-state index contributed by atoms with van der Waals surface area (Å²) in [6, 6.07) is 0. The molecule has 0 aromatic rings. The van der Waals surface area contributed by atoms with E-state index >= 15 is 0 Å². The van der Waals surface area contributed by atoms with Crippen LogP contribution in [0.4, 0.5) is 43.9 Å². The summed E-state index contributed by atoms with van der Waals surface area (Å²) >= 11 is 0. The van der Waals surface area contributed by atoms with E-state index in [0.29, 0.717) is 0 Å². The molecule has 0 heterocycles. The van der Waals surface area contributed by atoms with Crippen LogP contribution in [0, 0.1) is 0 Å². The van der Waals surface area contributed by atoms with Gasteiger partial charge in [0.05, 0.1) is 0 Å². The lowest BCUT2D eigenvalue weighted by atomic mass is 10.3. The minimum absolute atomic E-state index is 1.75. The first-order chi connectivity index (χ1) is 7.15. The van der Waals surface area contributed by atoms with Crippen LogP contribution in [-0.4, -0.2) is 24.3 Å². The Morgan fingerprint density at radius 1 is 0.824 bits per heavy atom. The first-order valence-corrected chi connectivity index (χ1v) is 3.40. The van der Waals surface area contributed by atoms with Crippen LogP contribution in [-0.2, 0) is 4.74 Å². The molecule has 0 fully saturated rings. The molecule has 0 unspecified atom stereocenters. The fourth-order valence-corrected chi connectivity index (χ4v) is 0.445. The molecule has 102 valence electrons. The fraction of sp³-hybridized carbons (Fsp3) is 0.667. The maximum absolute atomic E-state index is 12.2. The van der Waals surface area contributed by atoms with Crippen molar-refractivity contribution in [2.75, 3.05) is 0 Å². The number of halogens is 10. The second-order valence-corrected chi connectivity index (χ2v) is 2.61. The third-order valence-corrected chi connectivity index (χ3v) is 1.29. The van der Waals surface area contributed by atoms with Gasteiger partial charge in [-0.25, -0.2) is 9.13 Å². The van der Waals surface area contributed by atoms with Crippen molar-refractivity contribution < 1.29 is 48.6 Å². The Labute approximate surface area is 86.6 Å². The van der Waals surface area contributed by atoms with E-state index in [-0.39, 0.29) is 0 Å². The van der Waals surface area contributed by atoms with Gasteiger partial charge in [0.15, 0.2) is 5.83 Å². The highest BCUT2D eigenvalue weighted by molar-refractivity contribution is 4.94. The van der Waals surface area contributed by atoms with Gasteiger partial charge in [0.2, 0.25) is 0 Å². The molecule has 0 rings (SSSR count). The number of rotatable bonds is 4. The number of hydrogen-bond donors (Lipinski definition) is 0. The summed E-state index contributed by atoms with van der Waals surface area (Å²) in [5, 5.41) is 0. The SMILES string of the molecule is C=C(F)C(F)(F)OC(F)(F)C(F)(F)C(F)(F)F. The van der Waals surface area contributed by atoms with E-state index < -0.39 is 30.1 Å². The van der Waals surface area contributed by atoms with E-state index in [2.05, 4.69) is 0 Å². The molecule has 17 heavy (non-hydrogen) atoms. The third-order valence-electron chi connectivity index (χ3n) is 1.29. The maximum atomic E-state index is 12.2. The van der Waals surface area contributed by atoms with Gasteiger partial charge in [-0.1, -0.05) is 6.58 Å². The molecule has 0 aromatic heterocycles. The second-order valence-electron chi connectivity index (χ2n) is 2.61. The van der Waals surface area contributed by atoms with E-state index in [0.717, 1.165) is 0 Å². The molecule has 0 saturated heterocycles. The Bertz CT molecular complexity index is 302. The van der Waals surface area contributed by atoms with Crippen molar-refractivity contribution >= 4 is 0 Å². The standard InChI is InChI=1S/C6H2F10O/c1-2(7)3(8,9)17-6(15,16)4(10,11)5(12,13)14/h1H2. The van der Waals surface area contributed by atoms with Crippen LogP contribution in [0.25, 0.3) is 0 Å². The van der Waals surface area contributed by atoms with E-state index in [1.54, 1.807) is 6.58 Å². The van der Waals surface area contributed by atoms with Gasteiger partial charge < -0.3 is 0 Å². The number of ether oxygens (including phenoxy) is 1. The van der Waals surface area contributed by atoms with Crippen molar-refractivity contribution in [1.29, 1.82) is 0 Å².